The van der Waals surface area contributed by atoms with Crippen LogP contribution >= 0.6 is 0 Å². The van der Waals surface area contributed by atoms with Crippen LogP contribution in [0.25, 0.3) is 10.9 Å². The SMILES string of the molecule is COc1ccc(N2CCN(CCCNC(=O)C(C)n3ncc4ccccc43)CC2)cc1. The fraction of sp³-hybridized carbons (Fsp3) is 0.417. The highest BCUT2D eigenvalue weighted by molar-refractivity contribution is 5.84. The zero-order valence-electron chi connectivity index (χ0n) is 18.3. The number of nitrogens with zero attached hydrogens (tertiary/aromatic N) is 4. The summed E-state index contributed by atoms with van der Waals surface area (Å²) >= 11 is 0. The van der Waals surface area contributed by atoms with Crippen LogP contribution in [0, 0.1) is 0 Å². The fourth-order valence-electron chi connectivity index (χ4n) is 4.10. The van der Waals surface area contributed by atoms with E-state index < -0.39 is 0 Å². The molecule has 0 aliphatic carbocycles. The minimum absolute atomic E-state index is 0.0122. The summed E-state index contributed by atoms with van der Waals surface area (Å²) in [5.74, 6) is 0.901. The largest absolute Gasteiger partial charge is 0.497 e. The minimum atomic E-state index is -0.326. The van der Waals surface area contributed by atoms with Gasteiger partial charge in [0.2, 0.25) is 5.91 Å². The number of benzene rings is 2. The van der Waals surface area contributed by atoms with Gasteiger partial charge in [0.15, 0.2) is 0 Å². The number of fused-ring (bicyclic) bond motifs is 1. The van der Waals surface area contributed by atoms with Crippen LogP contribution in [0.2, 0.25) is 0 Å². The molecule has 1 amide bonds. The number of hydrogen-bond donors (Lipinski definition) is 1. The van der Waals surface area contributed by atoms with Gasteiger partial charge >= 0.3 is 0 Å². The summed E-state index contributed by atoms with van der Waals surface area (Å²) < 4.78 is 7.03. The lowest BCUT2D eigenvalue weighted by atomic mass is 10.2. The van der Waals surface area contributed by atoms with Crippen molar-refractivity contribution < 1.29 is 9.53 Å². The number of methoxy groups -OCH3 is 1. The molecular formula is C24H31N5O2. The second kappa shape index (κ2) is 9.83. The van der Waals surface area contributed by atoms with E-state index in [1.54, 1.807) is 11.8 Å². The number of amides is 1. The van der Waals surface area contributed by atoms with Gasteiger partial charge in [0.1, 0.15) is 11.8 Å². The highest BCUT2D eigenvalue weighted by atomic mass is 16.5. The molecule has 1 aromatic heterocycles. The smallest absolute Gasteiger partial charge is 0.244 e. The van der Waals surface area contributed by atoms with E-state index in [0.29, 0.717) is 6.54 Å². The number of carbonyl (C=O) groups excluding carboxylic acids is 1. The summed E-state index contributed by atoms with van der Waals surface area (Å²) in [4.78, 5) is 17.5. The average Bonchev–Trinajstić information content (AvgIpc) is 3.26. The minimum Gasteiger partial charge on any atom is -0.497 e. The third-order valence-electron chi connectivity index (χ3n) is 6.01. The molecule has 1 saturated heterocycles. The molecule has 0 radical (unpaired) electrons. The Labute approximate surface area is 183 Å². The van der Waals surface area contributed by atoms with Crippen molar-refractivity contribution in [3.63, 3.8) is 0 Å². The van der Waals surface area contributed by atoms with E-state index in [4.69, 9.17) is 4.74 Å². The first-order valence-corrected chi connectivity index (χ1v) is 11.0. The number of piperazine rings is 1. The van der Waals surface area contributed by atoms with E-state index in [1.165, 1.54) is 5.69 Å². The van der Waals surface area contributed by atoms with Gasteiger partial charge < -0.3 is 15.0 Å². The van der Waals surface area contributed by atoms with E-state index in [2.05, 4.69) is 32.3 Å². The highest BCUT2D eigenvalue weighted by Crippen LogP contribution is 2.20. The van der Waals surface area contributed by atoms with Crippen molar-refractivity contribution in [2.75, 3.05) is 51.3 Å². The van der Waals surface area contributed by atoms with Crippen molar-refractivity contribution in [3.05, 3.63) is 54.7 Å². The lowest BCUT2D eigenvalue weighted by Crippen LogP contribution is -2.47. The molecule has 3 aromatic rings. The summed E-state index contributed by atoms with van der Waals surface area (Å²) in [6.07, 6.45) is 2.76. The first kappa shape index (κ1) is 21.2. The summed E-state index contributed by atoms with van der Waals surface area (Å²) in [7, 11) is 1.69. The van der Waals surface area contributed by atoms with Crippen molar-refractivity contribution in [1.82, 2.24) is 20.0 Å². The molecule has 1 N–H and O–H groups in total. The first-order chi connectivity index (χ1) is 15.2. The summed E-state index contributed by atoms with van der Waals surface area (Å²) in [5, 5.41) is 8.52. The van der Waals surface area contributed by atoms with Crippen LogP contribution in [0.3, 0.4) is 0 Å². The number of carbonyl (C=O) groups is 1. The van der Waals surface area contributed by atoms with E-state index in [-0.39, 0.29) is 11.9 Å². The molecule has 1 unspecified atom stereocenters. The maximum atomic E-state index is 12.6. The van der Waals surface area contributed by atoms with Crippen LogP contribution in [0.5, 0.6) is 5.75 Å². The monoisotopic (exact) mass is 421 g/mol. The van der Waals surface area contributed by atoms with Gasteiger partial charge in [0.25, 0.3) is 0 Å². The molecule has 4 rings (SSSR count). The Morgan fingerprint density at radius 3 is 2.58 bits per heavy atom. The molecule has 0 saturated carbocycles. The number of rotatable bonds is 8. The van der Waals surface area contributed by atoms with Crippen molar-refractivity contribution >= 4 is 22.5 Å². The van der Waals surface area contributed by atoms with Gasteiger partial charge in [-0.1, -0.05) is 18.2 Å². The van der Waals surface area contributed by atoms with E-state index >= 15 is 0 Å². The molecule has 164 valence electrons. The highest BCUT2D eigenvalue weighted by Gasteiger charge is 2.19. The first-order valence-electron chi connectivity index (χ1n) is 11.0. The van der Waals surface area contributed by atoms with Gasteiger partial charge in [0.05, 0.1) is 18.8 Å². The molecule has 1 aliphatic rings. The van der Waals surface area contributed by atoms with Crippen molar-refractivity contribution in [1.29, 1.82) is 0 Å². The molecular weight excluding hydrogens is 390 g/mol. The Balaban J connectivity index is 1.18. The van der Waals surface area contributed by atoms with E-state index in [9.17, 15) is 4.79 Å². The molecule has 0 bridgehead atoms. The van der Waals surface area contributed by atoms with Crippen molar-refractivity contribution in [2.45, 2.75) is 19.4 Å². The molecule has 1 aliphatic heterocycles. The number of hydrogen-bond acceptors (Lipinski definition) is 5. The molecule has 7 heteroatoms. The predicted molar refractivity (Wildman–Crippen MR) is 124 cm³/mol. The van der Waals surface area contributed by atoms with Crippen LogP contribution in [0.15, 0.2) is 54.7 Å². The van der Waals surface area contributed by atoms with Crippen LogP contribution in [-0.4, -0.2) is 67.0 Å². The Morgan fingerprint density at radius 2 is 1.84 bits per heavy atom. The standard InChI is InChI=1S/C24H31N5O2/c1-19(29-23-7-4-3-6-20(23)18-26-29)24(30)25-12-5-13-27-14-16-28(17-15-27)21-8-10-22(31-2)11-9-21/h3-4,6-11,18-19H,5,12-17H2,1-2H3,(H,25,30). The Bertz CT molecular complexity index is 993. The maximum absolute atomic E-state index is 12.6. The fourth-order valence-corrected chi connectivity index (χ4v) is 4.10. The summed E-state index contributed by atoms with van der Waals surface area (Å²) in [5.41, 5.74) is 2.23. The number of aromatic nitrogens is 2. The average molecular weight is 422 g/mol. The quantitative estimate of drug-likeness (QED) is 0.567. The lowest BCUT2D eigenvalue weighted by Gasteiger charge is -2.36. The number of ether oxygens (including phenoxy) is 1. The zero-order chi connectivity index (χ0) is 21.6. The van der Waals surface area contributed by atoms with Crippen LogP contribution < -0.4 is 15.0 Å². The normalized spacial score (nSPS) is 15.7. The number of para-hydroxylation sites is 1. The molecule has 1 fully saturated rings. The van der Waals surface area contributed by atoms with Crippen LogP contribution in [0.4, 0.5) is 5.69 Å². The third-order valence-corrected chi connectivity index (χ3v) is 6.01. The van der Waals surface area contributed by atoms with Gasteiger partial charge in [0, 0.05) is 43.8 Å². The van der Waals surface area contributed by atoms with Gasteiger partial charge in [-0.2, -0.15) is 5.10 Å². The van der Waals surface area contributed by atoms with Gasteiger partial charge in [-0.3, -0.25) is 14.4 Å². The maximum Gasteiger partial charge on any atom is 0.244 e. The second-order valence-electron chi connectivity index (χ2n) is 8.00. The number of nitrogens with one attached hydrogen (secondary N) is 1. The van der Waals surface area contributed by atoms with Crippen molar-refractivity contribution in [3.8, 4) is 5.75 Å². The van der Waals surface area contributed by atoms with Gasteiger partial charge in [-0.25, -0.2) is 0 Å². The molecule has 2 heterocycles. The molecule has 0 spiro atoms. The Kier molecular flexibility index (Phi) is 6.72. The molecule has 7 nitrogen and oxygen atoms in total. The van der Waals surface area contributed by atoms with Gasteiger partial charge in [-0.15, -0.1) is 0 Å². The summed E-state index contributed by atoms with van der Waals surface area (Å²) in [6, 6.07) is 15.9. The Morgan fingerprint density at radius 1 is 1.10 bits per heavy atom. The summed E-state index contributed by atoms with van der Waals surface area (Å²) in [6.45, 7) is 7.68. The molecule has 1 atom stereocenters. The van der Waals surface area contributed by atoms with Crippen molar-refractivity contribution in [2.24, 2.45) is 0 Å². The topological polar surface area (TPSA) is 62.6 Å². The van der Waals surface area contributed by atoms with Crippen LogP contribution in [-0.2, 0) is 4.79 Å². The zero-order valence-corrected chi connectivity index (χ0v) is 18.3. The number of anilines is 1. The van der Waals surface area contributed by atoms with E-state index in [1.807, 2.05) is 49.5 Å². The van der Waals surface area contributed by atoms with E-state index in [0.717, 1.165) is 55.8 Å². The Hall–Kier alpha value is -3.06. The molecule has 2 aromatic carbocycles. The lowest BCUT2D eigenvalue weighted by molar-refractivity contribution is -0.124. The van der Waals surface area contributed by atoms with Gasteiger partial charge in [-0.05, 0) is 50.2 Å². The molecule has 31 heavy (non-hydrogen) atoms. The predicted octanol–water partition coefficient (Wildman–Crippen LogP) is 2.93. The second-order valence-corrected chi connectivity index (χ2v) is 8.00. The third kappa shape index (κ3) is 4.99. The van der Waals surface area contributed by atoms with Crippen LogP contribution in [0.1, 0.15) is 19.4 Å².